The maximum atomic E-state index is 14.3. The quantitative estimate of drug-likeness (QED) is 0.411. The highest BCUT2D eigenvalue weighted by molar-refractivity contribution is 5.94. The number of carbonyl (C=O) groups excluding carboxylic acids is 1. The maximum Gasteiger partial charge on any atom is 0.263 e. The maximum absolute atomic E-state index is 14.3. The van der Waals surface area contributed by atoms with Crippen LogP contribution in [0, 0.1) is 5.82 Å². The van der Waals surface area contributed by atoms with Crippen LogP contribution in [-0.4, -0.2) is 51.2 Å². The van der Waals surface area contributed by atoms with Crippen molar-refractivity contribution in [3.8, 4) is 5.75 Å². The van der Waals surface area contributed by atoms with Crippen LogP contribution in [0.1, 0.15) is 19.8 Å². The summed E-state index contributed by atoms with van der Waals surface area (Å²) in [4.78, 5) is 28.3. The van der Waals surface area contributed by atoms with Gasteiger partial charge in [-0.3, -0.25) is 4.79 Å². The molecule has 0 spiro atoms. The Bertz CT molecular complexity index is 1190. The number of hydrogen-bond acceptors (Lipinski definition) is 10. The van der Waals surface area contributed by atoms with Crippen molar-refractivity contribution in [2.24, 2.45) is 0 Å². The molecule has 34 heavy (non-hydrogen) atoms. The van der Waals surface area contributed by atoms with E-state index in [9.17, 15) is 9.18 Å². The number of aromatic nitrogens is 4. The molecule has 0 radical (unpaired) electrons. The minimum atomic E-state index is -0.661. The molecule has 176 valence electrons. The molecule has 2 atom stereocenters. The molecule has 5 rings (SSSR count). The first-order valence-electron chi connectivity index (χ1n) is 10.9. The molecule has 2 aliphatic heterocycles. The first kappa shape index (κ1) is 21.8. The zero-order valence-electron chi connectivity index (χ0n) is 18.3. The lowest BCUT2D eigenvalue weighted by molar-refractivity contribution is -0.118. The molecule has 0 aliphatic carbocycles. The highest BCUT2D eigenvalue weighted by Crippen LogP contribution is 2.28. The van der Waals surface area contributed by atoms with E-state index < -0.39 is 5.82 Å². The van der Waals surface area contributed by atoms with Crippen molar-refractivity contribution in [3.05, 3.63) is 42.5 Å². The Morgan fingerprint density at radius 1 is 1.12 bits per heavy atom. The highest BCUT2D eigenvalue weighted by atomic mass is 19.1. The molecule has 2 aliphatic rings. The molecule has 0 aromatic carbocycles. The molecule has 0 bridgehead atoms. The van der Waals surface area contributed by atoms with Gasteiger partial charge in [0.2, 0.25) is 5.95 Å². The Balaban J connectivity index is 1.25. The Morgan fingerprint density at radius 2 is 2.00 bits per heavy atom. The van der Waals surface area contributed by atoms with E-state index >= 15 is 0 Å². The fourth-order valence-corrected chi connectivity index (χ4v) is 3.68. The molecule has 3 aromatic rings. The second-order valence-corrected chi connectivity index (χ2v) is 7.94. The second-order valence-electron chi connectivity index (χ2n) is 7.94. The zero-order chi connectivity index (χ0) is 23.5. The van der Waals surface area contributed by atoms with E-state index in [-0.39, 0.29) is 48.1 Å². The number of nitrogens with one attached hydrogen (secondary N) is 4. The SMILES string of the molecule is CC(Nc1ccc(Nc2ncc(F)c(Nc3ccc4c(n3)NC(=O)CO4)n2)cn1)[C@H]1CCCO1. The van der Waals surface area contributed by atoms with E-state index in [4.69, 9.17) is 9.47 Å². The summed E-state index contributed by atoms with van der Waals surface area (Å²) in [7, 11) is 0. The Labute approximate surface area is 194 Å². The van der Waals surface area contributed by atoms with Gasteiger partial charge in [-0.05, 0) is 44.0 Å². The number of anilines is 6. The first-order valence-corrected chi connectivity index (χ1v) is 10.9. The van der Waals surface area contributed by atoms with Crippen LogP contribution in [0.15, 0.2) is 36.7 Å². The van der Waals surface area contributed by atoms with Gasteiger partial charge < -0.3 is 30.7 Å². The normalized spacial score (nSPS) is 17.8. The zero-order valence-corrected chi connectivity index (χ0v) is 18.3. The fourth-order valence-electron chi connectivity index (χ4n) is 3.68. The van der Waals surface area contributed by atoms with Crippen LogP contribution in [0.3, 0.4) is 0 Å². The summed E-state index contributed by atoms with van der Waals surface area (Å²) >= 11 is 0. The van der Waals surface area contributed by atoms with Crippen LogP contribution < -0.4 is 26.0 Å². The predicted molar refractivity (Wildman–Crippen MR) is 123 cm³/mol. The molecule has 1 fully saturated rings. The lowest BCUT2D eigenvalue weighted by atomic mass is 10.1. The van der Waals surface area contributed by atoms with Crippen molar-refractivity contribution in [2.75, 3.05) is 34.5 Å². The van der Waals surface area contributed by atoms with Crippen molar-refractivity contribution in [1.29, 1.82) is 0 Å². The van der Waals surface area contributed by atoms with E-state index in [0.29, 0.717) is 11.4 Å². The summed E-state index contributed by atoms with van der Waals surface area (Å²) in [5.41, 5.74) is 0.639. The molecule has 1 saturated heterocycles. The summed E-state index contributed by atoms with van der Waals surface area (Å²) < 4.78 is 25.3. The van der Waals surface area contributed by atoms with Crippen molar-refractivity contribution in [1.82, 2.24) is 19.9 Å². The van der Waals surface area contributed by atoms with E-state index in [2.05, 4.69) is 48.1 Å². The topological polar surface area (TPSA) is 135 Å². The molecule has 12 heteroatoms. The van der Waals surface area contributed by atoms with Gasteiger partial charge in [0.05, 0.1) is 30.2 Å². The van der Waals surface area contributed by atoms with Crippen molar-refractivity contribution >= 4 is 40.8 Å². The number of nitrogens with zero attached hydrogens (tertiary/aromatic N) is 4. The third-order valence-electron chi connectivity index (χ3n) is 5.38. The number of ether oxygens (including phenoxy) is 2. The van der Waals surface area contributed by atoms with Crippen LogP contribution in [0.2, 0.25) is 0 Å². The van der Waals surface area contributed by atoms with Gasteiger partial charge in [-0.15, -0.1) is 0 Å². The molecule has 3 aromatic heterocycles. The lowest BCUT2D eigenvalue weighted by Crippen LogP contribution is -2.30. The Kier molecular flexibility index (Phi) is 6.04. The van der Waals surface area contributed by atoms with E-state index in [1.165, 1.54) is 0 Å². The van der Waals surface area contributed by atoms with E-state index in [0.717, 1.165) is 31.5 Å². The molecular weight excluding hydrogens is 443 g/mol. The van der Waals surface area contributed by atoms with Crippen molar-refractivity contribution in [2.45, 2.75) is 31.9 Å². The van der Waals surface area contributed by atoms with Gasteiger partial charge in [0.25, 0.3) is 5.91 Å². The highest BCUT2D eigenvalue weighted by Gasteiger charge is 2.22. The van der Waals surface area contributed by atoms with Gasteiger partial charge in [-0.2, -0.15) is 4.98 Å². The molecular formula is C22H23FN8O3. The second kappa shape index (κ2) is 9.43. The minimum absolute atomic E-state index is 0.0725. The van der Waals surface area contributed by atoms with Crippen LogP contribution in [0.4, 0.5) is 39.3 Å². The predicted octanol–water partition coefficient (Wildman–Crippen LogP) is 3.20. The Hall–Kier alpha value is -4.06. The molecule has 5 heterocycles. The largest absolute Gasteiger partial charge is 0.480 e. The average Bonchev–Trinajstić information content (AvgIpc) is 3.38. The summed E-state index contributed by atoms with van der Waals surface area (Å²) in [6.07, 6.45) is 4.99. The summed E-state index contributed by atoms with van der Waals surface area (Å²) in [6.45, 7) is 2.80. The number of carbonyl (C=O) groups is 1. The van der Waals surface area contributed by atoms with Gasteiger partial charge in [0, 0.05) is 6.61 Å². The monoisotopic (exact) mass is 466 g/mol. The number of amides is 1. The van der Waals surface area contributed by atoms with Crippen LogP contribution in [0.5, 0.6) is 5.75 Å². The average molecular weight is 466 g/mol. The number of fused-ring (bicyclic) bond motifs is 1. The van der Waals surface area contributed by atoms with Gasteiger partial charge in [-0.1, -0.05) is 0 Å². The molecule has 1 unspecified atom stereocenters. The number of rotatable bonds is 7. The van der Waals surface area contributed by atoms with Gasteiger partial charge >= 0.3 is 0 Å². The summed E-state index contributed by atoms with van der Waals surface area (Å²) in [5, 5.41) is 11.8. The van der Waals surface area contributed by atoms with Crippen LogP contribution in [-0.2, 0) is 9.53 Å². The molecule has 1 amide bonds. The minimum Gasteiger partial charge on any atom is -0.480 e. The first-order chi connectivity index (χ1) is 16.5. The van der Waals surface area contributed by atoms with Gasteiger partial charge in [0.1, 0.15) is 11.6 Å². The van der Waals surface area contributed by atoms with Gasteiger partial charge in [0.15, 0.2) is 29.8 Å². The smallest absolute Gasteiger partial charge is 0.263 e. The molecule has 11 nitrogen and oxygen atoms in total. The van der Waals surface area contributed by atoms with E-state index in [1.807, 2.05) is 12.1 Å². The van der Waals surface area contributed by atoms with E-state index in [1.54, 1.807) is 18.3 Å². The molecule has 4 N–H and O–H groups in total. The standard InChI is InChI=1S/C22H23FN8O3/c1-12(15-3-2-8-33-15)26-17-6-4-13(9-24-17)27-22-25-10-14(23)20(31-22)28-18-7-5-16-21(29-18)30-19(32)11-34-16/h4-7,9-10,12,15H,2-3,8,11H2,1H3,(H,24,26)(H3,25,27,28,29,30,31,32)/t12?,15-/m1/s1. The van der Waals surface area contributed by atoms with Crippen LogP contribution in [0.25, 0.3) is 0 Å². The summed E-state index contributed by atoms with van der Waals surface area (Å²) in [6, 6.07) is 7.04. The van der Waals surface area contributed by atoms with Crippen molar-refractivity contribution < 1.29 is 18.7 Å². The van der Waals surface area contributed by atoms with Gasteiger partial charge in [-0.25, -0.2) is 19.3 Å². The number of pyridine rings is 2. The Morgan fingerprint density at radius 3 is 2.79 bits per heavy atom. The third kappa shape index (κ3) is 4.96. The molecule has 0 saturated carbocycles. The van der Waals surface area contributed by atoms with Crippen molar-refractivity contribution in [3.63, 3.8) is 0 Å². The summed E-state index contributed by atoms with van der Waals surface area (Å²) in [5.74, 6) is 0.822. The number of hydrogen-bond donors (Lipinski definition) is 4. The van der Waals surface area contributed by atoms with Crippen LogP contribution >= 0.6 is 0 Å². The lowest BCUT2D eigenvalue weighted by Gasteiger charge is -2.20. The fraction of sp³-hybridized carbons (Fsp3) is 0.318. The third-order valence-corrected chi connectivity index (χ3v) is 5.38. The number of halogens is 1.